The molecule has 1 aliphatic heterocycles. The molecule has 1 N–H and O–H groups in total. The van der Waals surface area contributed by atoms with E-state index in [1.54, 1.807) is 19.1 Å². The Labute approximate surface area is 221 Å². The van der Waals surface area contributed by atoms with E-state index in [-0.39, 0.29) is 45.2 Å². The number of pyridine rings is 1. The first-order chi connectivity index (χ1) is 17.5. The van der Waals surface area contributed by atoms with Crippen LogP contribution in [0, 0.1) is 0 Å². The second-order valence-electron chi connectivity index (χ2n) is 9.18. The minimum Gasteiger partial charge on any atom is -0.461 e. The number of ether oxygens (including phenoxy) is 1. The van der Waals surface area contributed by atoms with Gasteiger partial charge in [-0.3, -0.25) is 14.1 Å². The van der Waals surface area contributed by atoms with Gasteiger partial charge in [0.1, 0.15) is 0 Å². The Balaban J connectivity index is 1.86. The molecule has 1 aliphatic rings. The standard InChI is InChI=1S/C26H24ClN3O6S/c1-5-36-25(33)22-19(7-6-14-28-22)29-23(31)20-17(27)12-13-18(21(20)24(29)32)30(37(34)35)16-10-8-15(9-11-16)26(2,3)4/h6-14H,5H2,1-4H3,(H,34,35). The van der Waals surface area contributed by atoms with Crippen LogP contribution in [0.1, 0.15) is 64.5 Å². The Morgan fingerprint density at radius 3 is 2.32 bits per heavy atom. The van der Waals surface area contributed by atoms with Crippen LogP contribution in [0.3, 0.4) is 0 Å². The number of amides is 2. The van der Waals surface area contributed by atoms with Crippen molar-refractivity contribution in [3.63, 3.8) is 0 Å². The largest absolute Gasteiger partial charge is 0.461 e. The van der Waals surface area contributed by atoms with E-state index in [0.29, 0.717) is 5.69 Å². The van der Waals surface area contributed by atoms with E-state index in [1.807, 2.05) is 32.9 Å². The molecule has 192 valence electrons. The van der Waals surface area contributed by atoms with Gasteiger partial charge in [-0.2, -0.15) is 0 Å². The number of benzene rings is 2. The number of aromatic nitrogens is 1. The average molecular weight is 542 g/mol. The molecule has 0 spiro atoms. The van der Waals surface area contributed by atoms with Crippen LogP contribution in [0.5, 0.6) is 0 Å². The number of imide groups is 1. The maximum atomic E-state index is 13.7. The zero-order valence-corrected chi connectivity index (χ0v) is 22.1. The lowest BCUT2D eigenvalue weighted by Crippen LogP contribution is -2.32. The SMILES string of the molecule is CCOC(=O)c1ncccc1N1C(=O)c2c(Cl)ccc(N(c3ccc(C(C)(C)C)cc3)S(=O)O)c2C1=O. The summed E-state index contributed by atoms with van der Waals surface area (Å²) < 4.78 is 28.8. The summed E-state index contributed by atoms with van der Waals surface area (Å²) in [5, 5.41) is -0.0204. The molecule has 9 nitrogen and oxygen atoms in total. The van der Waals surface area contributed by atoms with Gasteiger partial charge in [-0.25, -0.2) is 23.2 Å². The number of nitrogens with zero attached hydrogens (tertiary/aromatic N) is 3. The van der Waals surface area contributed by atoms with Gasteiger partial charge in [-0.05, 0) is 54.3 Å². The summed E-state index contributed by atoms with van der Waals surface area (Å²) in [4.78, 5) is 44.5. The third-order valence-electron chi connectivity index (χ3n) is 5.81. The van der Waals surface area contributed by atoms with Gasteiger partial charge in [0.2, 0.25) is 0 Å². The highest BCUT2D eigenvalue weighted by atomic mass is 35.5. The average Bonchev–Trinajstić information content (AvgIpc) is 3.11. The second kappa shape index (κ2) is 10.0. The van der Waals surface area contributed by atoms with Gasteiger partial charge in [0.25, 0.3) is 23.1 Å². The van der Waals surface area contributed by atoms with Crippen molar-refractivity contribution in [3.05, 3.63) is 82.1 Å². The fourth-order valence-corrected chi connectivity index (χ4v) is 4.90. The molecule has 0 bridgehead atoms. The first kappa shape index (κ1) is 26.5. The predicted octanol–water partition coefficient (Wildman–Crippen LogP) is 5.28. The van der Waals surface area contributed by atoms with E-state index in [0.717, 1.165) is 14.8 Å². The van der Waals surface area contributed by atoms with E-state index in [4.69, 9.17) is 16.3 Å². The highest BCUT2D eigenvalue weighted by molar-refractivity contribution is 7.81. The van der Waals surface area contributed by atoms with E-state index in [2.05, 4.69) is 4.98 Å². The lowest BCUT2D eigenvalue weighted by atomic mass is 9.87. The van der Waals surface area contributed by atoms with Crippen LogP contribution in [0.4, 0.5) is 17.1 Å². The summed E-state index contributed by atoms with van der Waals surface area (Å²) in [6.07, 6.45) is 1.34. The highest BCUT2D eigenvalue weighted by Crippen LogP contribution is 2.42. The Kier molecular flexibility index (Phi) is 7.18. The zero-order valence-electron chi connectivity index (χ0n) is 20.5. The number of hydrogen-bond donors (Lipinski definition) is 1. The molecule has 37 heavy (non-hydrogen) atoms. The number of halogens is 1. The molecular weight excluding hydrogens is 518 g/mol. The first-order valence-corrected chi connectivity index (χ1v) is 12.8. The van der Waals surface area contributed by atoms with Crippen molar-refractivity contribution in [1.29, 1.82) is 0 Å². The summed E-state index contributed by atoms with van der Waals surface area (Å²) in [6, 6.07) is 12.6. The molecule has 0 radical (unpaired) electrons. The molecule has 4 rings (SSSR count). The van der Waals surface area contributed by atoms with Crippen LogP contribution in [0.15, 0.2) is 54.7 Å². The van der Waals surface area contributed by atoms with E-state index < -0.39 is 29.1 Å². The summed E-state index contributed by atoms with van der Waals surface area (Å²) >= 11 is 3.74. The number of carbonyl (C=O) groups is 3. The summed E-state index contributed by atoms with van der Waals surface area (Å²) in [6.45, 7) is 7.80. The minimum absolute atomic E-state index is 0.00571. The lowest BCUT2D eigenvalue weighted by Gasteiger charge is -2.24. The third kappa shape index (κ3) is 4.75. The molecule has 2 amide bonds. The molecule has 0 saturated carbocycles. The Bertz CT molecular complexity index is 1440. The number of hydrogen-bond acceptors (Lipinski definition) is 6. The monoisotopic (exact) mass is 541 g/mol. The van der Waals surface area contributed by atoms with Gasteiger partial charge >= 0.3 is 5.97 Å². The predicted molar refractivity (Wildman–Crippen MR) is 141 cm³/mol. The maximum absolute atomic E-state index is 13.7. The third-order valence-corrected chi connectivity index (χ3v) is 6.84. The number of anilines is 3. The van der Waals surface area contributed by atoms with Crippen LogP contribution in [-0.4, -0.2) is 38.1 Å². The number of rotatable bonds is 6. The lowest BCUT2D eigenvalue weighted by molar-refractivity contribution is 0.0520. The highest BCUT2D eigenvalue weighted by Gasteiger charge is 2.43. The van der Waals surface area contributed by atoms with Crippen LogP contribution in [0.25, 0.3) is 0 Å². The molecule has 1 unspecified atom stereocenters. The summed E-state index contributed by atoms with van der Waals surface area (Å²) in [7, 11) is 0. The fraction of sp³-hybridized carbons (Fsp3) is 0.231. The molecule has 0 aliphatic carbocycles. The van der Waals surface area contributed by atoms with Crippen molar-refractivity contribution in [2.75, 3.05) is 15.8 Å². The van der Waals surface area contributed by atoms with Gasteiger partial charge in [0, 0.05) is 6.20 Å². The molecule has 3 aromatic rings. The molecule has 0 saturated heterocycles. The van der Waals surface area contributed by atoms with Gasteiger partial charge < -0.3 is 4.74 Å². The van der Waals surface area contributed by atoms with Crippen LogP contribution in [-0.2, 0) is 21.4 Å². The van der Waals surface area contributed by atoms with Gasteiger partial charge in [-0.1, -0.05) is 44.5 Å². The van der Waals surface area contributed by atoms with Crippen molar-refractivity contribution in [3.8, 4) is 0 Å². The van der Waals surface area contributed by atoms with Crippen LogP contribution in [0.2, 0.25) is 5.02 Å². The fourth-order valence-electron chi connectivity index (χ4n) is 4.04. The van der Waals surface area contributed by atoms with Gasteiger partial charge in [0.05, 0.1) is 39.8 Å². The van der Waals surface area contributed by atoms with E-state index in [1.165, 1.54) is 30.5 Å². The van der Waals surface area contributed by atoms with Crippen molar-refractivity contribution in [2.45, 2.75) is 33.1 Å². The quantitative estimate of drug-likeness (QED) is 0.256. The second-order valence-corrected chi connectivity index (χ2v) is 10.4. The normalized spacial score (nSPS) is 13.9. The first-order valence-electron chi connectivity index (χ1n) is 11.3. The van der Waals surface area contributed by atoms with Gasteiger partial charge in [0.15, 0.2) is 5.69 Å². The Morgan fingerprint density at radius 2 is 1.73 bits per heavy atom. The number of esters is 1. The zero-order chi connectivity index (χ0) is 27.1. The number of carbonyl (C=O) groups excluding carboxylic acids is 3. The van der Waals surface area contributed by atoms with Crippen molar-refractivity contribution >= 4 is 57.7 Å². The molecule has 2 heterocycles. The van der Waals surface area contributed by atoms with Crippen molar-refractivity contribution < 1.29 is 27.9 Å². The van der Waals surface area contributed by atoms with Crippen LogP contribution >= 0.6 is 11.6 Å². The van der Waals surface area contributed by atoms with Crippen LogP contribution < -0.4 is 9.21 Å². The Hall–Kier alpha value is -3.60. The molecule has 0 fully saturated rings. The number of fused-ring (bicyclic) bond motifs is 1. The molecule has 2 aromatic carbocycles. The molecular formula is C26H24ClN3O6S. The Morgan fingerprint density at radius 1 is 1.08 bits per heavy atom. The summed E-state index contributed by atoms with van der Waals surface area (Å²) in [5.74, 6) is -2.42. The summed E-state index contributed by atoms with van der Waals surface area (Å²) in [5.41, 5.74) is 0.561. The molecule has 11 heteroatoms. The van der Waals surface area contributed by atoms with Crippen molar-refractivity contribution in [1.82, 2.24) is 4.98 Å². The topological polar surface area (TPSA) is 117 Å². The molecule has 1 atom stereocenters. The maximum Gasteiger partial charge on any atom is 0.359 e. The van der Waals surface area contributed by atoms with E-state index in [9.17, 15) is 23.1 Å². The smallest absolute Gasteiger partial charge is 0.359 e. The van der Waals surface area contributed by atoms with E-state index >= 15 is 0 Å². The van der Waals surface area contributed by atoms with Gasteiger partial charge in [-0.15, -0.1) is 0 Å². The molecule has 1 aromatic heterocycles. The van der Waals surface area contributed by atoms with Crippen molar-refractivity contribution in [2.24, 2.45) is 0 Å². The minimum atomic E-state index is -2.61.